The van der Waals surface area contributed by atoms with Gasteiger partial charge in [-0.2, -0.15) is 0 Å². The molecule has 0 unspecified atom stereocenters. The predicted octanol–water partition coefficient (Wildman–Crippen LogP) is 2.51. The summed E-state index contributed by atoms with van der Waals surface area (Å²) >= 11 is 0. The van der Waals surface area contributed by atoms with Crippen LogP contribution >= 0.6 is 0 Å². The smallest absolute Gasteiger partial charge is 0.0469 e. The molecule has 0 amide bonds. The zero-order valence-corrected chi connectivity index (χ0v) is 9.41. The lowest BCUT2D eigenvalue weighted by Gasteiger charge is -2.22. The monoisotopic (exact) mass is 215 g/mol. The second-order valence-corrected chi connectivity index (χ2v) is 4.16. The van der Waals surface area contributed by atoms with Gasteiger partial charge in [0.05, 0.1) is 0 Å². The summed E-state index contributed by atoms with van der Waals surface area (Å²) in [5.74, 6) is 3.37. The minimum absolute atomic E-state index is 0.725. The number of ether oxygens (including phenoxy) is 1. The molecule has 1 N–H and O–H groups in total. The SMILES string of the molecule is C#Cc1cccc(NCC2CCOCC2)c1. The van der Waals surface area contributed by atoms with Gasteiger partial charge in [0.25, 0.3) is 0 Å². The zero-order valence-electron chi connectivity index (χ0n) is 9.41. The highest BCUT2D eigenvalue weighted by Gasteiger charge is 2.12. The van der Waals surface area contributed by atoms with E-state index in [1.165, 1.54) is 0 Å². The predicted molar refractivity (Wildman–Crippen MR) is 66.4 cm³/mol. The molecular formula is C14H17NO. The topological polar surface area (TPSA) is 21.3 Å². The van der Waals surface area contributed by atoms with Crippen LogP contribution in [0.4, 0.5) is 5.69 Å². The molecule has 84 valence electrons. The average molecular weight is 215 g/mol. The van der Waals surface area contributed by atoms with Crippen LogP contribution in [-0.4, -0.2) is 19.8 Å². The van der Waals surface area contributed by atoms with Crippen LogP contribution in [0, 0.1) is 18.3 Å². The maximum Gasteiger partial charge on any atom is 0.0469 e. The Morgan fingerprint density at radius 3 is 2.94 bits per heavy atom. The van der Waals surface area contributed by atoms with Gasteiger partial charge in [0, 0.05) is 31.0 Å². The summed E-state index contributed by atoms with van der Waals surface area (Å²) in [6.45, 7) is 2.81. The van der Waals surface area contributed by atoms with Gasteiger partial charge in [0.15, 0.2) is 0 Å². The molecule has 0 spiro atoms. The molecule has 1 aliphatic heterocycles. The van der Waals surface area contributed by atoms with E-state index in [2.05, 4.69) is 17.3 Å². The third-order valence-electron chi connectivity index (χ3n) is 2.96. The number of hydrogen-bond acceptors (Lipinski definition) is 2. The number of rotatable bonds is 3. The fourth-order valence-electron chi connectivity index (χ4n) is 1.93. The Hall–Kier alpha value is -1.46. The summed E-state index contributed by atoms with van der Waals surface area (Å²) in [7, 11) is 0. The molecule has 1 aromatic rings. The van der Waals surface area contributed by atoms with Crippen molar-refractivity contribution in [2.75, 3.05) is 25.1 Å². The van der Waals surface area contributed by atoms with Gasteiger partial charge in [-0.25, -0.2) is 0 Å². The minimum Gasteiger partial charge on any atom is -0.385 e. The van der Waals surface area contributed by atoms with Crippen molar-refractivity contribution in [2.45, 2.75) is 12.8 Å². The number of hydrogen-bond donors (Lipinski definition) is 1. The molecule has 0 aliphatic carbocycles. The summed E-state index contributed by atoms with van der Waals surface area (Å²) < 4.78 is 5.33. The van der Waals surface area contributed by atoms with Gasteiger partial charge in [-0.3, -0.25) is 0 Å². The second kappa shape index (κ2) is 5.58. The van der Waals surface area contributed by atoms with Crippen molar-refractivity contribution in [3.05, 3.63) is 29.8 Å². The Balaban J connectivity index is 1.86. The highest BCUT2D eigenvalue weighted by molar-refractivity contribution is 5.49. The van der Waals surface area contributed by atoms with Crippen molar-refractivity contribution >= 4 is 5.69 Å². The number of anilines is 1. The van der Waals surface area contributed by atoms with Gasteiger partial charge in [-0.05, 0) is 37.0 Å². The van der Waals surface area contributed by atoms with Gasteiger partial charge in [-0.15, -0.1) is 6.42 Å². The Kier molecular flexibility index (Phi) is 3.85. The molecule has 0 radical (unpaired) electrons. The van der Waals surface area contributed by atoms with E-state index >= 15 is 0 Å². The molecule has 0 saturated carbocycles. The highest BCUT2D eigenvalue weighted by Crippen LogP contribution is 2.16. The quantitative estimate of drug-likeness (QED) is 0.782. The molecule has 16 heavy (non-hydrogen) atoms. The van der Waals surface area contributed by atoms with Crippen molar-refractivity contribution < 1.29 is 4.74 Å². The summed E-state index contributed by atoms with van der Waals surface area (Å²) in [5, 5.41) is 3.44. The molecule has 1 aromatic carbocycles. The number of benzene rings is 1. The van der Waals surface area contributed by atoms with E-state index in [0.717, 1.165) is 49.8 Å². The van der Waals surface area contributed by atoms with Gasteiger partial charge in [0.1, 0.15) is 0 Å². The summed E-state index contributed by atoms with van der Waals surface area (Å²) in [4.78, 5) is 0. The van der Waals surface area contributed by atoms with Crippen molar-refractivity contribution in [3.63, 3.8) is 0 Å². The van der Waals surface area contributed by atoms with Crippen LogP contribution in [0.15, 0.2) is 24.3 Å². The Bertz CT molecular complexity index is 375. The molecular weight excluding hydrogens is 198 g/mol. The van der Waals surface area contributed by atoms with Gasteiger partial charge in [0.2, 0.25) is 0 Å². The third-order valence-corrected chi connectivity index (χ3v) is 2.96. The van der Waals surface area contributed by atoms with Crippen LogP contribution in [0.2, 0.25) is 0 Å². The van der Waals surface area contributed by atoms with E-state index in [-0.39, 0.29) is 0 Å². The third kappa shape index (κ3) is 3.01. The minimum atomic E-state index is 0.725. The standard InChI is InChI=1S/C14H17NO/c1-2-12-4-3-5-14(10-12)15-11-13-6-8-16-9-7-13/h1,3-5,10,13,15H,6-9,11H2. The molecule has 0 aromatic heterocycles. The van der Waals surface area contributed by atoms with Crippen LogP contribution in [0.25, 0.3) is 0 Å². The average Bonchev–Trinajstić information content (AvgIpc) is 2.38. The maximum absolute atomic E-state index is 5.36. The first-order chi connectivity index (χ1) is 7.88. The summed E-state index contributed by atoms with van der Waals surface area (Å²) in [6, 6.07) is 8.00. The summed E-state index contributed by atoms with van der Waals surface area (Å²) in [6.07, 6.45) is 7.67. The fourth-order valence-corrected chi connectivity index (χ4v) is 1.93. The Labute approximate surface area is 97.0 Å². The zero-order chi connectivity index (χ0) is 11.2. The van der Waals surface area contributed by atoms with E-state index in [1.54, 1.807) is 0 Å². The summed E-state index contributed by atoms with van der Waals surface area (Å²) in [5.41, 5.74) is 2.04. The van der Waals surface area contributed by atoms with E-state index < -0.39 is 0 Å². The molecule has 1 fully saturated rings. The highest BCUT2D eigenvalue weighted by atomic mass is 16.5. The van der Waals surface area contributed by atoms with Crippen LogP contribution in [-0.2, 0) is 4.74 Å². The lowest BCUT2D eigenvalue weighted by Crippen LogP contribution is -2.22. The van der Waals surface area contributed by atoms with E-state index in [1.807, 2.05) is 18.2 Å². The number of nitrogens with one attached hydrogen (secondary N) is 1. The molecule has 2 heteroatoms. The van der Waals surface area contributed by atoms with Gasteiger partial charge < -0.3 is 10.1 Å². The molecule has 1 aliphatic rings. The van der Waals surface area contributed by atoms with Gasteiger partial charge >= 0.3 is 0 Å². The second-order valence-electron chi connectivity index (χ2n) is 4.16. The first-order valence-corrected chi connectivity index (χ1v) is 5.77. The Morgan fingerprint density at radius 2 is 2.19 bits per heavy atom. The van der Waals surface area contributed by atoms with Crippen molar-refractivity contribution in [1.29, 1.82) is 0 Å². The van der Waals surface area contributed by atoms with Crippen molar-refractivity contribution in [2.24, 2.45) is 5.92 Å². The largest absolute Gasteiger partial charge is 0.385 e. The normalized spacial score (nSPS) is 16.7. The van der Waals surface area contributed by atoms with Crippen LogP contribution in [0.5, 0.6) is 0 Å². The first-order valence-electron chi connectivity index (χ1n) is 5.77. The van der Waals surface area contributed by atoms with Crippen LogP contribution < -0.4 is 5.32 Å². The molecule has 0 atom stereocenters. The first kappa shape index (κ1) is 11.0. The van der Waals surface area contributed by atoms with Crippen molar-refractivity contribution in [1.82, 2.24) is 0 Å². The lowest BCUT2D eigenvalue weighted by atomic mass is 10.0. The maximum atomic E-state index is 5.36. The number of terminal acetylenes is 1. The molecule has 2 nitrogen and oxygen atoms in total. The van der Waals surface area contributed by atoms with E-state index in [0.29, 0.717) is 0 Å². The molecule has 0 bridgehead atoms. The fraction of sp³-hybridized carbons (Fsp3) is 0.429. The van der Waals surface area contributed by atoms with Gasteiger partial charge in [-0.1, -0.05) is 12.0 Å². The van der Waals surface area contributed by atoms with Crippen LogP contribution in [0.3, 0.4) is 0 Å². The molecule has 1 heterocycles. The van der Waals surface area contributed by atoms with Crippen molar-refractivity contribution in [3.8, 4) is 12.3 Å². The van der Waals surface area contributed by atoms with Crippen LogP contribution in [0.1, 0.15) is 18.4 Å². The van der Waals surface area contributed by atoms with E-state index in [9.17, 15) is 0 Å². The molecule has 2 rings (SSSR count). The molecule has 1 saturated heterocycles. The lowest BCUT2D eigenvalue weighted by molar-refractivity contribution is 0.0699. The van der Waals surface area contributed by atoms with E-state index in [4.69, 9.17) is 11.2 Å². The Morgan fingerprint density at radius 1 is 1.38 bits per heavy atom.